The average Bonchev–Trinajstić information content (AvgIpc) is 3.29. The highest BCUT2D eigenvalue weighted by Gasteiger charge is 2.21. The number of hydrogen-bond donors (Lipinski definition) is 3. The first-order valence-electron chi connectivity index (χ1n) is 12.4. The summed E-state index contributed by atoms with van der Waals surface area (Å²) in [6, 6.07) is 11.6. The molecule has 0 aromatic carbocycles. The van der Waals surface area contributed by atoms with Crippen molar-refractivity contribution in [3.63, 3.8) is 0 Å². The van der Waals surface area contributed by atoms with Crippen molar-refractivity contribution >= 4 is 22.8 Å². The van der Waals surface area contributed by atoms with E-state index in [1.165, 1.54) is 0 Å². The molecule has 37 heavy (non-hydrogen) atoms. The number of aliphatic hydroxyl groups excluding tert-OH is 1. The number of pyridine rings is 3. The third kappa shape index (κ3) is 5.61. The zero-order valence-corrected chi connectivity index (χ0v) is 21.1. The third-order valence-electron chi connectivity index (χ3n) is 6.55. The van der Waals surface area contributed by atoms with E-state index in [2.05, 4.69) is 30.1 Å². The molecule has 1 aliphatic rings. The number of carbonyl (C=O) groups excluding carboxylic acids is 1. The fourth-order valence-electron chi connectivity index (χ4n) is 4.67. The average molecular weight is 502 g/mol. The van der Waals surface area contributed by atoms with Crippen LogP contribution in [0.1, 0.15) is 5.69 Å². The molecule has 0 atom stereocenters. The molecule has 4 aromatic heterocycles. The van der Waals surface area contributed by atoms with E-state index in [0.717, 1.165) is 65.4 Å². The Morgan fingerprint density at radius 3 is 2.70 bits per heavy atom. The largest absolute Gasteiger partial charge is 0.495 e. The van der Waals surface area contributed by atoms with Crippen molar-refractivity contribution in [3.8, 4) is 28.3 Å². The van der Waals surface area contributed by atoms with Crippen molar-refractivity contribution in [3.05, 3.63) is 54.5 Å². The Kier molecular flexibility index (Phi) is 7.40. The van der Waals surface area contributed by atoms with Gasteiger partial charge in [0, 0.05) is 56.2 Å². The summed E-state index contributed by atoms with van der Waals surface area (Å²) >= 11 is 0. The fourth-order valence-corrected chi connectivity index (χ4v) is 4.67. The maximum Gasteiger partial charge on any atom is 0.239 e. The lowest BCUT2D eigenvalue weighted by atomic mass is 10.0. The van der Waals surface area contributed by atoms with Gasteiger partial charge in [-0.15, -0.1) is 0 Å². The maximum absolute atomic E-state index is 12.8. The minimum Gasteiger partial charge on any atom is -0.495 e. The highest BCUT2D eigenvalue weighted by atomic mass is 16.5. The van der Waals surface area contributed by atoms with Gasteiger partial charge in [-0.25, -0.2) is 4.98 Å². The smallest absolute Gasteiger partial charge is 0.239 e. The predicted octanol–water partition coefficient (Wildman–Crippen LogP) is 2.55. The molecule has 0 spiro atoms. The second kappa shape index (κ2) is 11.0. The number of amides is 1. The van der Waals surface area contributed by atoms with E-state index in [0.29, 0.717) is 24.7 Å². The van der Waals surface area contributed by atoms with E-state index in [4.69, 9.17) is 14.8 Å². The number of H-pyrrole nitrogens is 1. The zero-order chi connectivity index (χ0) is 25.8. The van der Waals surface area contributed by atoms with Crippen LogP contribution in [0.2, 0.25) is 0 Å². The Balaban J connectivity index is 1.40. The van der Waals surface area contributed by atoms with Crippen LogP contribution in [-0.2, 0) is 4.79 Å². The molecular weight excluding hydrogens is 470 g/mol. The van der Waals surface area contributed by atoms with E-state index in [-0.39, 0.29) is 12.5 Å². The molecule has 0 saturated carbocycles. The second-order valence-corrected chi connectivity index (χ2v) is 9.13. The van der Waals surface area contributed by atoms with Crippen LogP contribution >= 0.6 is 0 Å². The van der Waals surface area contributed by atoms with Gasteiger partial charge in [-0.1, -0.05) is 6.07 Å². The maximum atomic E-state index is 12.8. The summed E-state index contributed by atoms with van der Waals surface area (Å²) in [6.07, 6.45) is 3.38. The number of anilines is 1. The number of aliphatic hydroxyl groups is 1. The molecule has 10 heteroatoms. The minimum atomic E-state index is -0.108. The number of aryl methyl sites for hydroxylation is 1. The van der Waals surface area contributed by atoms with Crippen molar-refractivity contribution in [1.29, 1.82) is 0 Å². The van der Waals surface area contributed by atoms with Gasteiger partial charge in [0.25, 0.3) is 0 Å². The van der Waals surface area contributed by atoms with Crippen LogP contribution in [0, 0.1) is 6.92 Å². The zero-order valence-electron chi connectivity index (χ0n) is 21.1. The van der Waals surface area contributed by atoms with Gasteiger partial charge in [-0.2, -0.15) is 0 Å². The van der Waals surface area contributed by atoms with Gasteiger partial charge in [0.2, 0.25) is 5.91 Å². The summed E-state index contributed by atoms with van der Waals surface area (Å²) < 4.78 is 5.37. The number of nitrogens with zero attached hydrogens (tertiary/aromatic N) is 5. The topological polar surface area (TPSA) is 120 Å². The lowest BCUT2D eigenvalue weighted by Gasteiger charge is -2.33. The van der Waals surface area contributed by atoms with Crippen LogP contribution in [0.25, 0.3) is 33.5 Å². The van der Waals surface area contributed by atoms with Crippen LogP contribution < -0.4 is 10.1 Å². The van der Waals surface area contributed by atoms with Gasteiger partial charge in [-0.05, 0) is 31.2 Å². The normalized spacial score (nSPS) is 14.7. The van der Waals surface area contributed by atoms with Crippen LogP contribution in [0.3, 0.4) is 0 Å². The van der Waals surface area contributed by atoms with E-state index in [9.17, 15) is 4.79 Å². The fraction of sp³-hybridized carbons (Fsp3) is 0.333. The SMILES string of the molecule is COc1cnc2c(-c3cccc(C)n3)c(-c3ccnc(NC(=O)CN4CCN(CCO)CC4)c3)[nH]c2c1. The number of nitrogens with one attached hydrogen (secondary N) is 2. The summed E-state index contributed by atoms with van der Waals surface area (Å²) in [5.41, 5.74) is 5.91. The molecule has 5 heterocycles. The summed E-state index contributed by atoms with van der Waals surface area (Å²) in [5.74, 6) is 1.03. The number of hydrogen-bond acceptors (Lipinski definition) is 8. The number of carbonyl (C=O) groups is 1. The molecule has 1 saturated heterocycles. The molecule has 1 aliphatic heterocycles. The number of ether oxygens (including phenoxy) is 1. The Bertz CT molecular complexity index is 1400. The Morgan fingerprint density at radius 2 is 1.95 bits per heavy atom. The van der Waals surface area contributed by atoms with Crippen molar-refractivity contribution in [2.45, 2.75) is 6.92 Å². The van der Waals surface area contributed by atoms with Crippen LogP contribution in [0.4, 0.5) is 5.82 Å². The molecular formula is C27H31N7O3. The number of aromatic nitrogens is 4. The highest BCUT2D eigenvalue weighted by molar-refractivity contribution is 6.01. The Morgan fingerprint density at radius 1 is 1.14 bits per heavy atom. The molecule has 10 nitrogen and oxygen atoms in total. The molecule has 1 amide bonds. The Hall–Kier alpha value is -3.86. The van der Waals surface area contributed by atoms with Crippen molar-refractivity contribution in [2.75, 3.05) is 58.3 Å². The van der Waals surface area contributed by atoms with Crippen molar-refractivity contribution in [2.24, 2.45) is 0 Å². The summed E-state index contributed by atoms with van der Waals surface area (Å²) in [4.78, 5) is 34.4. The van der Waals surface area contributed by atoms with Gasteiger partial charge in [0.15, 0.2) is 0 Å². The second-order valence-electron chi connectivity index (χ2n) is 9.13. The van der Waals surface area contributed by atoms with Gasteiger partial charge in [-0.3, -0.25) is 24.6 Å². The number of methoxy groups -OCH3 is 1. The molecule has 0 unspecified atom stereocenters. The van der Waals surface area contributed by atoms with Crippen molar-refractivity contribution in [1.82, 2.24) is 29.7 Å². The predicted molar refractivity (Wildman–Crippen MR) is 142 cm³/mol. The first-order valence-corrected chi connectivity index (χ1v) is 12.4. The molecule has 1 fully saturated rings. The molecule has 5 rings (SSSR count). The van der Waals surface area contributed by atoms with Gasteiger partial charge in [0.1, 0.15) is 11.6 Å². The Labute approximate surface area is 215 Å². The van der Waals surface area contributed by atoms with Gasteiger partial charge >= 0.3 is 0 Å². The van der Waals surface area contributed by atoms with Crippen molar-refractivity contribution < 1.29 is 14.6 Å². The highest BCUT2D eigenvalue weighted by Crippen LogP contribution is 2.37. The van der Waals surface area contributed by atoms with E-state index >= 15 is 0 Å². The molecule has 0 bridgehead atoms. The number of piperazine rings is 1. The number of aromatic amines is 1. The monoisotopic (exact) mass is 501 g/mol. The van der Waals surface area contributed by atoms with Gasteiger partial charge in [0.05, 0.1) is 54.4 Å². The van der Waals surface area contributed by atoms with E-state index in [1.807, 2.05) is 43.3 Å². The molecule has 0 aliphatic carbocycles. The molecule has 192 valence electrons. The molecule has 0 radical (unpaired) electrons. The first-order chi connectivity index (χ1) is 18.0. The number of fused-ring (bicyclic) bond motifs is 1. The van der Waals surface area contributed by atoms with Gasteiger partial charge < -0.3 is 20.1 Å². The quantitative estimate of drug-likeness (QED) is 0.337. The third-order valence-corrected chi connectivity index (χ3v) is 6.55. The minimum absolute atomic E-state index is 0.108. The lowest BCUT2D eigenvalue weighted by molar-refractivity contribution is -0.117. The first kappa shape index (κ1) is 24.8. The summed E-state index contributed by atoms with van der Waals surface area (Å²) in [7, 11) is 1.61. The molecule has 3 N–H and O–H groups in total. The standard InChI is InChI=1S/C27H31N7O3/c1-18-4-3-5-21(30-18)25-26(31-22-15-20(37-2)16-29-27(22)25)19-6-7-28-23(14-19)32-24(36)17-34-10-8-33(9-11-34)12-13-35/h3-7,14-16,31,35H,8-13,17H2,1-2H3,(H,28,32,36). The number of rotatable bonds is 8. The van der Waals surface area contributed by atoms with Crippen LogP contribution in [-0.4, -0.2) is 93.7 Å². The van der Waals surface area contributed by atoms with Crippen LogP contribution in [0.5, 0.6) is 5.75 Å². The lowest BCUT2D eigenvalue weighted by Crippen LogP contribution is -2.49. The summed E-state index contributed by atoms with van der Waals surface area (Å²) in [5, 5.41) is 12.1. The van der Waals surface area contributed by atoms with E-state index in [1.54, 1.807) is 19.5 Å². The molecule has 4 aromatic rings. The summed E-state index contributed by atoms with van der Waals surface area (Å²) in [6.45, 7) is 6.36. The van der Waals surface area contributed by atoms with E-state index < -0.39 is 0 Å². The van der Waals surface area contributed by atoms with Crippen LogP contribution in [0.15, 0.2) is 48.8 Å². The number of β-amino-alcohol motifs (C(OH)–C–C–N with tert-alkyl or cyclic N) is 1.